The van der Waals surface area contributed by atoms with Crippen LogP contribution in [0.3, 0.4) is 0 Å². The molecule has 0 saturated carbocycles. The molecule has 1 spiro atoms. The van der Waals surface area contributed by atoms with E-state index in [0.717, 1.165) is 36.3 Å². The number of pyridine rings is 1. The maximum atomic E-state index is 6.23. The predicted octanol–water partition coefficient (Wildman–Crippen LogP) is 3.12. The molecule has 5 nitrogen and oxygen atoms in total. The van der Waals surface area contributed by atoms with Gasteiger partial charge in [-0.25, -0.2) is 4.98 Å². The first kappa shape index (κ1) is 17.0. The van der Waals surface area contributed by atoms with E-state index in [2.05, 4.69) is 4.98 Å². The van der Waals surface area contributed by atoms with Gasteiger partial charge in [0.05, 0.1) is 31.1 Å². The molecule has 128 valence electrons. The van der Waals surface area contributed by atoms with Crippen LogP contribution in [0.4, 0.5) is 0 Å². The molecule has 1 unspecified atom stereocenters. The Morgan fingerprint density at radius 3 is 2.91 bits per heavy atom. The predicted molar refractivity (Wildman–Crippen MR) is 87.2 cm³/mol. The minimum atomic E-state index is -0.456. The number of hydrogen-bond donors (Lipinski definition) is 0. The van der Waals surface area contributed by atoms with Gasteiger partial charge in [0.15, 0.2) is 0 Å². The minimum absolute atomic E-state index is 0.208. The molecule has 2 aliphatic rings. The van der Waals surface area contributed by atoms with Crippen LogP contribution in [-0.2, 0) is 26.2 Å². The van der Waals surface area contributed by atoms with Crippen molar-refractivity contribution in [3.8, 4) is 5.75 Å². The topological polar surface area (TPSA) is 49.8 Å². The second-order valence-electron chi connectivity index (χ2n) is 6.73. The summed E-state index contributed by atoms with van der Waals surface area (Å²) in [5.41, 5.74) is 1.32. The molecule has 1 atom stereocenters. The molecule has 1 fully saturated rings. The van der Waals surface area contributed by atoms with Crippen molar-refractivity contribution >= 4 is 11.6 Å². The van der Waals surface area contributed by atoms with Gasteiger partial charge in [0.1, 0.15) is 16.5 Å². The highest BCUT2D eigenvalue weighted by atomic mass is 35.5. The van der Waals surface area contributed by atoms with E-state index in [1.54, 1.807) is 13.2 Å². The molecule has 23 heavy (non-hydrogen) atoms. The van der Waals surface area contributed by atoms with Crippen LogP contribution in [0.1, 0.15) is 37.9 Å². The van der Waals surface area contributed by atoms with Gasteiger partial charge in [-0.1, -0.05) is 11.6 Å². The molecule has 0 N–H and O–H groups in total. The quantitative estimate of drug-likeness (QED) is 0.770. The third-order valence-electron chi connectivity index (χ3n) is 4.71. The summed E-state index contributed by atoms with van der Waals surface area (Å²) in [6.07, 6.45) is 2.39. The number of fused-ring (bicyclic) bond motifs is 2. The average Bonchev–Trinajstić information content (AvgIpc) is 2.97. The van der Waals surface area contributed by atoms with Crippen LogP contribution in [0.25, 0.3) is 0 Å². The van der Waals surface area contributed by atoms with Gasteiger partial charge >= 0.3 is 0 Å². The van der Waals surface area contributed by atoms with Crippen molar-refractivity contribution in [2.75, 3.05) is 33.5 Å². The molecule has 1 saturated heterocycles. The van der Waals surface area contributed by atoms with Crippen LogP contribution in [0.2, 0.25) is 5.15 Å². The highest BCUT2D eigenvalue weighted by Gasteiger charge is 2.44. The van der Waals surface area contributed by atoms with Crippen LogP contribution in [-0.4, -0.2) is 44.1 Å². The summed E-state index contributed by atoms with van der Waals surface area (Å²) < 4.78 is 23.0. The summed E-state index contributed by atoms with van der Waals surface area (Å²) >= 11 is 6.23. The van der Waals surface area contributed by atoms with Crippen molar-refractivity contribution in [3.63, 3.8) is 0 Å². The zero-order valence-electron chi connectivity index (χ0n) is 14.0. The first-order valence-electron chi connectivity index (χ1n) is 8.05. The van der Waals surface area contributed by atoms with E-state index in [-0.39, 0.29) is 5.60 Å². The lowest BCUT2D eigenvalue weighted by Gasteiger charge is -2.34. The normalized spacial score (nSPS) is 24.0. The fourth-order valence-electron chi connectivity index (χ4n) is 3.04. The first-order chi connectivity index (χ1) is 11.0. The lowest BCUT2D eigenvalue weighted by molar-refractivity contribution is -0.0671. The molecule has 0 aromatic carbocycles. The summed E-state index contributed by atoms with van der Waals surface area (Å²) in [5, 5.41) is 0.432. The van der Waals surface area contributed by atoms with E-state index in [4.69, 9.17) is 30.5 Å². The number of halogens is 1. The summed E-state index contributed by atoms with van der Waals surface area (Å²) in [4.78, 5) is 4.54. The third kappa shape index (κ3) is 3.48. The van der Waals surface area contributed by atoms with E-state index >= 15 is 0 Å². The smallest absolute Gasteiger partial charge is 0.136 e. The lowest BCUT2D eigenvalue weighted by Crippen LogP contribution is -2.37. The van der Waals surface area contributed by atoms with Crippen LogP contribution in [0.5, 0.6) is 5.75 Å². The molecule has 0 amide bonds. The molecule has 2 aliphatic heterocycles. The van der Waals surface area contributed by atoms with Gasteiger partial charge in [0, 0.05) is 44.6 Å². The fourth-order valence-corrected chi connectivity index (χ4v) is 3.22. The number of aromatic nitrogens is 1. The van der Waals surface area contributed by atoms with E-state index in [0.29, 0.717) is 31.6 Å². The second kappa shape index (κ2) is 6.55. The van der Waals surface area contributed by atoms with Crippen LogP contribution >= 0.6 is 11.6 Å². The summed E-state index contributed by atoms with van der Waals surface area (Å²) in [7, 11) is 1.71. The van der Waals surface area contributed by atoms with Gasteiger partial charge in [-0.15, -0.1) is 0 Å². The van der Waals surface area contributed by atoms with Crippen molar-refractivity contribution in [2.45, 2.75) is 44.3 Å². The molecule has 0 bridgehead atoms. The zero-order chi connectivity index (χ0) is 16.5. The highest BCUT2D eigenvalue weighted by molar-refractivity contribution is 6.29. The first-order valence-corrected chi connectivity index (χ1v) is 8.43. The summed E-state index contributed by atoms with van der Waals surface area (Å²) in [5.74, 6) is 0.807. The number of rotatable bonds is 5. The Balaban J connectivity index is 1.83. The Morgan fingerprint density at radius 2 is 2.22 bits per heavy atom. The Labute approximate surface area is 142 Å². The number of hydrogen-bond acceptors (Lipinski definition) is 5. The standard InChI is InChI=1S/C17H24ClNO4/c1-16(2,20-3)5-9-22-13-10-14(18)19-15-12(13)4-7-23-17(15)6-8-21-11-17/h10H,4-9,11H2,1-3H3. The number of nitrogens with zero attached hydrogens (tertiary/aromatic N) is 1. The van der Waals surface area contributed by atoms with E-state index < -0.39 is 5.60 Å². The number of ether oxygens (including phenoxy) is 4. The number of methoxy groups -OCH3 is 1. The minimum Gasteiger partial charge on any atom is -0.493 e. The average molecular weight is 342 g/mol. The van der Waals surface area contributed by atoms with Crippen LogP contribution in [0, 0.1) is 0 Å². The Hall–Kier alpha value is -0.880. The maximum Gasteiger partial charge on any atom is 0.136 e. The van der Waals surface area contributed by atoms with Gasteiger partial charge in [-0.3, -0.25) is 0 Å². The van der Waals surface area contributed by atoms with Crippen LogP contribution < -0.4 is 4.74 Å². The molecule has 0 aliphatic carbocycles. The Morgan fingerprint density at radius 1 is 1.39 bits per heavy atom. The van der Waals surface area contributed by atoms with E-state index in [9.17, 15) is 0 Å². The molecular weight excluding hydrogens is 318 g/mol. The van der Waals surface area contributed by atoms with Gasteiger partial charge in [-0.2, -0.15) is 0 Å². The molecular formula is C17H24ClNO4. The van der Waals surface area contributed by atoms with Crippen molar-refractivity contribution in [1.82, 2.24) is 4.98 Å². The molecule has 3 rings (SSSR count). The Bertz CT molecular complexity index is 570. The van der Waals surface area contributed by atoms with Crippen LogP contribution in [0.15, 0.2) is 6.07 Å². The molecule has 3 heterocycles. The second-order valence-corrected chi connectivity index (χ2v) is 7.12. The molecule has 6 heteroatoms. The van der Waals surface area contributed by atoms with E-state index in [1.807, 2.05) is 13.8 Å². The zero-order valence-corrected chi connectivity index (χ0v) is 14.7. The highest BCUT2D eigenvalue weighted by Crippen LogP contribution is 2.42. The maximum absolute atomic E-state index is 6.23. The fraction of sp³-hybridized carbons (Fsp3) is 0.706. The van der Waals surface area contributed by atoms with Crippen molar-refractivity contribution in [2.24, 2.45) is 0 Å². The van der Waals surface area contributed by atoms with E-state index in [1.165, 1.54) is 0 Å². The van der Waals surface area contributed by atoms with Gasteiger partial charge in [0.2, 0.25) is 0 Å². The monoisotopic (exact) mass is 341 g/mol. The van der Waals surface area contributed by atoms with Crippen molar-refractivity contribution in [3.05, 3.63) is 22.5 Å². The largest absolute Gasteiger partial charge is 0.493 e. The SMILES string of the molecule is COC(C)(C)CCOc1cc(Cl)nc2c1CCOC21CCOC1. The summed E-state index contributed by atoms with van der Waals surface area (Å²) in [6, 6.07) is 1.80. The van der Waals surface area contributed by atoms with Gasteiger partial charge in [0.25, 0.3) is 0 Å². The Kier molecular flexibility index (Phi) is 4.83. The third-order valence-corrected chi connectivity index (χ3v) is 4.91. The lowest BCUT2D eigenvalue weighted by atomic mass is 9.90. The summed E-state index contributed by atoms with van der Waals surface area (Å²) in [6.45, 7) is 6.53. The van der Waals surface area contributed by atoms with Gasteiger partial charge in [-0.05, 0) is 13.8 Å². The molecule has 0 radical (unpaired) electrons. The molecule has 1 aromatic rings. The van der Waals surface area contributed by atoms with Crippen molar-refractivity contribution in [1.29, 1.82) is 0 Å². The molecule has 1 aromatic heterocycles. The van der Waals surface area contributed by atoms with Gasteiger partial charge < -0.3 is 18.9 Å². The van der Waals surface area contributed by atoms with Crippen molar-refractivity contribution < 1.29 is 18.9 Å².